The second-order valence-corrected chi connectivity index (χ2v) is 7.07. The normalized spacial score (nSPS) is 15.3. The van der Waals surface area contributed by atoms with E-state index >= 15 is 0 Å². The Balaban J connectivity index is 1.58. The smallest absolute Gasteiger partial charge is 0.255 e. The zero-order valence-corrected chi connectivity index (χ0v) is 17.7. The molecule has 0 bridgehead atoms. The predicted octanol–water partition coefficient (Wildman–Crippen LogP) is 2.45. The van der Waals surface area contributed by atoms with Crippen molar-refractivity contribution in [2.45, 2.75) is 25.8 Å². The Hall–Kier alpha value is -3.55. The lowest BCUT2D eigenvalue weighted by Crippen LogP contribution is -2.47. The number of ether oxygens (including phenoxy) is 2. The van der Waals surface area contributed by atoms with Crippen molar-refractivity contribution in [2.75, 3.05) is 32.1 Å². The Morgan fingerprint density at radius 1 is 1.10 bits per heavy atom. The Morgan fingerprint density at radius 3 is 2.55 bits per heavy atom. The van der Waals surface area contributed by atoms with E-state index in [0.29, 0.717) is 42.3 Å². The highest BCUT2D eigenvalue weighted by Crippen LogP contribution is 2.21. The molecule has 1 unspecified atom stereocenters. The Kier molecular flexibility index (Phi) is 7.48. The Bertz CT molecular complexity index is 929. The van der Waals surface area contributed by atoms with Gasteiger partial charge in [0.05, 0.1) is 25.8 Å². The van der Waals surface area contributed by atoms with Crippen molar-refractivity contribution in [3.63, 3.8) is 0 Å². The summed E-state index contributed by atoms with van der Waals surface area (Å²) in [5.41, 5.74) is 0.998. The number of rotatable bonds is 8. The van der Waals surface area contributed by atoms with Crippen LogP contribution in [-0.4, -0.2) is 55.5 Å². The maximum absolute atomic E-state index is 12.7. The molecule has 0 aliphatic carbocycles. The van der Waals surface area contributed by atoms with E-state index in [0.717, 1.165) is 6.42 Å². The van der Waals surface area contributed by atoms with Crippen LogP contribution in [0, 0.1) is 0 Å². The fraction of sp³-hybridized carbons (Fsp3) is 0.348. The van der Waals surface area contributed by atoms with Gasteiger partial charge in [-0.1, -0.05) is 12.1 Å². The van der Waals surface area contributed by atoms with Gasteiger partial charge in [0.15, 0.2) is 0 Å². The van der Waals surface area contributed by atoms with Crippen molar-refractivity contribution in [2.24, 2.45) is 0 Å². The van der Waals surface area contributed by atoms with Crippen LogP contribution in [0.1, 0.15) is 30.1 Å². The Labute approximate surface area is 181 Å². The molecule has 2 aromatic carbocycles. The summed E-state index contributed by atoms with van der Waals surface area (Å²) in [4.78, 5) is 39.5. The maximum Gasteiger partial charge on any atom is 0.255 e. The molecule has 1 saturated heterocycles. The first-order valence-corrected chi connectivity index (χ1v) is 10.3. The highest BCUT2D eigenvalue weighted by molar-refractivity contribution is 6.00. The van der Waals surface area contributed by atoms with Crippen molar-refractivity contribution in [1.82, 2.24) is 10.2 Å². The van der Waals surface area contributed by atoms with Gasteiger partial charge in [0.2, 0.25) is 11.8 Å². The molecule has 0 aromatic heterocycles. The highest BCUT2D eigenvalue weighted by Gasteiger charge is 2.34. The monoisotopic (exact) mass is 425 g/mol. The first kappa shape index (κ1) is 22.1. The van der Waals surface area contributed by atoms with Crippen molar-refractivity contribution in [1.29, 1.82) is 0 Å². The minimum absolute atomic E-state index is 0.189. The van der Waals surface area contributed by atoms with E-state index in [1.54, 1.807) is 55.6 Å². The molecule has 8 heteroatoms. The van der Waals surface area contributed by atoms with Gasteiger partial charge in [-0.3, -0.25) is 14.4 Å². The lowest BCUT2D eigenvalue weighted by molar-refractivity contribution is -0.135. The molecule has 0 radical (unpaired) electrons. The molecule has 31 heavy (non-hydrogen) atoms. The van der Waals surface area contributed by atoms with Crippen molar-refractivity contribution >= 4 is 23.4 Å². The predicted molar refractivity (Wildman–Crippen MR) is 116 cm³/mol. The van der Waals surface area contributed by atoms with E-state index in [9.17, 15) is 14.4 Å². The molecular formula is C23H27N3O5. The fourth-order valence-electron chi connectivity index (χ4n) is 3.53. The average molecular weight is 425 g/mol. The maximum atomic E-state index is 12.7. The van der Waals surface area contributed by atoms with Gasteiger partial charge in [-0.2, -0.15) is 0 Å². The number of likely N-dealkylation sites (tertiary alicyclic amines) is 1. The van der Waals surface area contributed by atoms with Gasteiger partial charge in [0.1, 0.15) is 17.5 Å². The molecule has 0 saturated carbocycles. The third-order valence-corrected chi connectivity index (χ3v) is 5.07. The van der Waals surface area contributed by atoms with Crippen LogP contribution >= 0.6 is 0 Å². The van der Waals surface area contributed by atoms with Gasteiger partial charge in [0.25, 0.3) is 5.91 Å². The van der Waals surface area contributed by atoms with Crippen LogP contribution in [0.3, 0.4) is 0 Å². The topological polar surface area (TPSA) is 97.0 Å². The lowest BCUT2D eigenvalue weighted by atomic mass is 10.2. The third-order valence-electron chi connectivity index (χ3n) is 5.07. The number of carbonyl (C=O) groups excluding carboxylic acids is 3. The first-order valence-electron chi connectivity index (χ1n) is 10.3. The van der Waals surface area contributed by atoms with Crippen molar-refractivity contribution in [3.05, 3.63) is 54.1 Å². The summed E-state index contributed by atoms with van der Waals surface area (Å²) in [6.45, 7) is 2.56. The minimum atomic E-state index is -0.567. The summed E-state index contributed by atoms with van der Waals surface area (Å²) < 4.78 is 10.6. The molecule has 164 valence electrons. The molecule has 3 amide bonds. The van der Waals surface area contributed by atoms with Gasteiger partial charge in [-0.05, 0) is 56.2 Å². The van der Waals surface area contributed by atoms with Crippen LogP contribution in [-0.2, 0) is 9.59 Å². The molecule has 1 aliphatic heterocycles. The van der Waals surface area contributed by atoms with E-state index in [-0.39, 0.29) is 18.4 Å². The summed E-state index contributed by atoms with van der Waals surface area (Å²) in [6.07, 6.45) is 1.31. The van der Waals surface area contributed by atoms with E-state index < -0.39 is 11.9 Å². The number of nitrogens with one attached hydrogen (secondary N) is 2. The molecule has 1 heterocycles. The van der Waals surface area contributed by atoms with Crippen molar-refractivity contribution < 1.29 is 23.9 Å². The van der Waals surface area contributed by atoms with E-state index in [4.69, 9.17) is 9.47 Å². The minimum Gasteiger partial charge on any atom is -0.497 e. The zero-order chi connectivity index (χ0) is 22.2. The number of methoxy groups -OCH3 is 1. The molecule has 1 fully saturated rings. The molecule has 3 rings (SSSR count). The van der Waals surface area contributed by atoms with E-state index in [1.807, 2.05) is 6.92 Å². The number of benzene rings is 2. The Morgan fingerprint density at radius 2 is 1.84 bits per heavy atom. The summed E-state index contributed by atoms with van der Waals surface area (Å²) in [6, 6.07) is 13.3. The number of para-hydroxylation sites is 1. The van der Waals surface area contributed by atoms with E-state index in [1.165, 1.54) is 4.90 Å². The van der Waals surface area contributed by atoms with Crippen LogP contribution in [0.25, 0.3) is 0 Å². The molecule has 2 N–H and O–H groups in total. The first-order chi connectivity index (χ1) is 15.0. The van der Waals surface area contributed by atoms with Gasteiger partial charge in [-0.15, -0.1) is 0 Å². The van der Waals surface area contributed by atoms with Gasteiger partial charge in [0, 0.05) is 12.2 Å². The molecule has 8 nitrogen and oxygen atoms in total. The second kappa shape index (κ2) is 10.5. The fourth-order valence-corrected chi connectivity index (χ4v) is 3.53. The van der Waals surface area contributed by atoms with E-state index in [2.05, 4.69) is 10.6 Å². The largest absolute Gasteiger partial charge is 0.497 e. The van der Waals surface area contributed by atoms with Crippen LogP contribution < -0.4 is 20.1 Å². The van der Waals surface area contributed by atoms with Gasteiger partial charge < -0.3 is 25.0 Å². The quantitative estimate of drug-likeness (QED) is 0.677. The van der Waals surface area contributed by atoms with Crippen molar-refractivity contribution in [3.8, 4) is 11.5 Å². The van der Waals surface area contributed by atoms with Gasteiger partial charge >= 0.3 is 0 Å². The number of anilines is 1. The summed E-state index contributed by atoms with van der Waals surface area (Å²) in [5, 5.41) is 5.48. The summed E-state index contributed by atoms with van der Waals surface area (Å²) >= 11 is 0. The van der Waals surface area contributed by atoms with Crippen LogP contribution in [0.15, 0.2) is 48.5 Å². The molecule has 1 aliphatic rings. The number of hydrogen-bond acceptors (Lipinski definition) is 5. The number of hydrogen-bond donors (Lipinski definition) is 2. The highest BCUT2D eigenvalue weighted by atomic mass is 16.5. The lowest BCUT2D eigenvalue weighted by Gasteiger charge is -2.24. The number of carbonyl (C=O) groups is 3. The molecular weight excluding hydrogens is 398 g/mol. The number of nitrogens with zero attached hydrogens (tertiary/aromatic N) is 1. The second-order valence-electron chi connectivity index (χ2n) is 7.07. The molecule has 0 spiro atoms. The third kappa shape index (κ3) is 5.53. The average Bonchev–Trinajstić information content (AvgIpc) is 3.29. The summed E-state index contributed by atoms with van der Waals surface area (Å²) in [5.74, 6) is 0.222. The summed E-state index contributed by atoms with van der Waals surface area (Å²) in [7, 11) is 1.57. The standard InChI is InChI=1S/C23H27N3O5/c1-3-31-20-9-5-4-7-18(20)22(28)24-15-21(27)26-14-6-8-19(26)23(29)25-16-10-12-17(30-2)13-11-16/h4-5,7,9-13,19H,3,6,8,14-15H2,1-2H3,(H,24,28)(H,25,29). The molecule has 2 aromatic rings. The van der Waals surface area contributed by atoms with Crippen LogP contribution in [0.4, 0.5) is 5.69 Å². The van der Waals surface area contributed by atoms with Crippen LogP contribution in [0.2, 0.25) is 0 Å². The van der Waals surface area contributed by atoms with Gasteiger partial charge in [-0.25, -0.2) is 0 Å². The zero-order valence-electron chi connectivity index (χ0n) is 17.7. The van der Waals surface area contributed by atoms with Crippen LogP contribution in [0.5, 0.6) is 11.5 Å². The SMILES string of the molecule is CCOc1ccccc1C(=O)NCC(=O)N1CCCC1C(=O)Nc1ccc(OC)cc1. The molecule has 1 atom stereocenters. The number of amides is 3.